The van der Waals surface area contributed by atoms with Gasteiger partial charge in [-0.3, -0.25) is 0 Å². The molecule has 0 unspecified atom stereocenters. The van der Waals surface area contributed by atoms with Crippen LogP contribution in [0.1, 0.15) is 21.0 Å². The molecule has 0 spiro atoms. The van der Waals surface area contributed by atoms with E-state index >= 15 is 0 Å². The lowest BCUT2D eigenvalue weighted by atomic mass is 9.99. The third-order valence-corrected chi connectivity index (χ3v) is 3.92. The number of nitrogens with zero attached hydrogens (tertiary/aromatic N) is 2. The van der Waals surface area contributed by atoms with Crippen molar-refractivity contribution in [3.8, 4) is 23.1 Å². The lowest BCUT2D eigenvalue weighted by molar-refractivity contribution is 0.411. The first kappa shape index (κ1) is 12.6. The smallest absolute Gasteiger partial charge is 0.132 e. The van der Waals surface area contributed by atoms with Crippen molar-refractivity contribution in [2.24, 2.45) is 0 Å². The van der Waals surface area contributed by atoms with E-state index in [0.29, 0.717) is 4.88 Å². The summed E-state index contributed by atoms with van der Waals surface area (Å²) in [5.41, 5.74) is 3.98. The fourth-order valence-electron chi connectivity index (χ4n) is 1.96. The lowest BCUT2D eigenvalue weighted by Gasteiger charge is -2.11. The molecule has 2 aromatic rings. The molecule has 0 radical (unpaired) electrons. The molecule has 0 aliphatic rings. The number of rotatable bonds is 2. The zero-order valence-corrected chi connectivity index (χ0v) is 11.7. The number of nitriles is 1. The Kier molecular flexibility index (Phi) is 3.35. The van der Waals surface area contributed by atoms with Gasteiger partial charge in [-0.2, -0.15) is 5.26 Å². The summed E-state index contributed by atoms with van der Waals surface area (Å²) in [5.74, 6) is 0.863. The van der Waals surface area contributed by atoms with Crippen molar-refractivity contribution < 1.29 is 4.74 Å². The van der Waals surface area contributed by atoms with Crippen LogP contribution in [0.25, 0.3) is 11.3 Å². The maximum absolute atomic E-state index is 9.15. The molecule has 0 saturated heterocycles. The van der Waals surface area contributed by atoms with Gasteiger partial charge in [0.1, 0.15) is 16.7 Å². The normalized spacial score (nSPS) is 10.2. The van der Waals surface area contributed by atoms with Gasteiger partial charge in [0, 0.05) is 5.56 Å². The van der Waals surface area contributed by atoms with Crippen LogP contribution in [0, 0.1) is 32.1 Å². The predicted molar refractivity (Wildman–Crippen MR) is 73.0 cm³/mol. The maximum Gasteiger partial charge on any atom is 0.132 e. The number of hydrogen-bond donors (Lipinski definition) is 0. The van der Waals surface area contributed by atoms with Crippen molar-refractivity contribution in [2.45, 2.75) is 20.8 Å². The summed E-state index contributed by atoms with van der Waals surface area (Å²) in [6, 6.07) is 6.11. The average Bonchev–Trinajstić information content (AvgIpc) is 2.73. The molecule has 0 N–H and O–H groups in total. The molecule has 0 aliphatic carbocycles. The number of thiazole rings is 1. The third-order valence-electron chi connectivity index (χ3n) is 3.05. The second kappa shape index (κ2) is 4.79. The van der Waals surface area contributed by atoms with Crippen molar-refractivity contribution in [1.29, 1.82) is 5.26 Å². The molecule has 0 bridgehead atoms. The minimum atomic E-state index is 0.667. The number of ether oxygens (including phenoxy) is 1. The molecule has 2 rings (SSSR count). The van der Waals surface area contributed by atoms with Crippen LogP contribution in [0.5, 0.6) is 5.75 Å². The summed E-state index contributed by atoms with van der Waals surface area (Å²) in [5, 5.41) is 10.1. The fourth-order valence-corrected chi connectivity index (χ4v) is 2.69. The van der Waals surface area contributed by atoms with Crippen molar-refractivity contribution in [2.75, 3.05) is 7.11 Å². The Morgan fingerprint density at radius 1 is 1.22 bits per heavy atom. The molecule has 92 valence electrons. The zero-order valence-electron chi connectivity index (χ0n) is 10.9. The highest BCUT2D eigenvalue weighted by atomic mass is 32.1. The standard InChI is InChI=1S/C14H14N2OS/c1-8-9(2)12(17-4)6-5-11(8)14-13(7-15)18-10(3)16-14/h5-6H,1-4H3. The number of benzene rings is 1. The van der Waals surface area contributed by atoms with E-state index in [0.717, 1.165) is 33.1 Å². The Hall–Kier alpha value is -1.86. The van der Waals surface area contributed by atoms with Crippen LogP contribution in [0.15, 0.2) is 12.1 Å². The maximum atomic E-state index is 9.15. The third kappa shape index (κ3) is 1.98. The van der Waals surface area contributed by atoms with Crippen molar-refractivity contribution in [3.05, 3.63) is 33.1 Å². The second-order valence-corrected chi connectivity index (χ2v) is 5.29. The molecule has 0 fully saturated rings. The van der Waals surface area contributed by atoms with E-state index in [1.54, 1.807) is 7.11 Å². The van der Waals surface area contributed by atoms with E-state index in [1.165, 1.54) is 11.3 Å². The molecule has 0 atom stereocenters. The molecular weight excluding hydrogens is 244 g/mol. The molecular formula is C14H14N2OS. The first-order valence-electron chi connectivity index (χ1n) is 5.60. The van der Waals surface area contributed by atoms with Gasteiger partial charge in [0.15, 0.2) is 0 Å². The van der Waals surface area contributed by atoms with E-state index in [4.69, 9.17) is 10.00 Å². The molecule has 4 heteroatoms. The quantitative estimate of drug-likeness (QED) is 0.826. The highest BCUT2D eigenvalue weighted by molar-refractivity contribution is 7.12. The van der Waals surface area contributed by atoms with E-state index < -0.39 is 0 Å². The van der Waals surface area contributed by atoms with Gasteiger partial charge in [-0.25, -0.2) is 4.98 Å². The molecule has 0 amide bonds. The first-order chi connectivity index (χ1) is 8.58. The number of aromatic nitrogens is 1. The number of methoxy groups -OCH3 is 1. The van der Waals surface area contributed by atoms with Crippen LogP contribution in [-0.2, 0) is 0 Å². The van der Waals surface area contributed by atoms with Crippen molar-refractivity contribution >= 4 is 11.3 Å². The first-order valence-corrected chi connectivity index (χ1v) is 6.42. The van der Waals surface area contributed by atoms with Crippen LogP contribution >= 0.6 is 11.3 Å². The van der Waals surface area contributed by atoms with Gasteiger partial charge < -0.3 is 4.74 Å². The monoisotopic (exact) mass is 258 g/mol. The summed E-state index contributed by atoms with van der Waals surface area (Å²) in [4.78, 5) is 5.13. The van der Waals surface area contributed by atoms with Gasteiger partial charge in [-0.05, 0) is 44.0 Å². The molecule has 1 aromatic carbocycles. The highest BCUT2D eigenvalue weighted by Gasteiger charge is 2.15. The van der Waals surface area contributed by atoms with Crippen LogP contribution < -0.4 is 4.74 Å². The second-order valence-electron chi connectivity index (χ2n) is 4.09. The number of hydrogen-bond acceptors (Lipinski definition) is 4. The number of aryl methyl sites for hydroxylation is 1. The van der Waals surface area contributed by atoms with E-state index in [9.17, 15) is 0 Å². The van der Waals surface area contributed by atoms with Crippen LogP contribution in [0.4, 0.5) is 0 Å². The Bertz CT molecular complexity index is 638. The van der Waals surface area contributed by atoms with E-state index in [2.05, 4.69) is 11.1 Å². The highest BCUT2D eigenvalue weighted by Crippen LogP contribution is 2.34. The molecule has 1 aromatic heterocycles. The average molecular weight is 258 g/mol. The lowest BCUT2D eigenvalue weighted by Crippen LogP contribution is -1.94. The van der Waals surface area contributed by atoms with E-state index in [1.807, 2.05) is 32.9 Å². The van der Waals surface area contributed by atoms with Crippen LogP contribution in [0.2, 0.25) is 0 Å². The summed E-state index contributed by atoms with van der Waals surface area (Å²) < 4.78 is 5.30. The van der Waals surface area contributed by atoms with Gasteiger partial charge in [0.25, 0.3) is 0 Å². The molecule has 0 aliphatic heterocycles. The molecule has 18 heavy (non-hydrogen) atoms. The van der Waals surface area contributed by atoms with Crippen LogP contribution in [0.3, 0.4) is 0 Å². The minimum absolute atomic E-state index is 0.667. The molecule has 0 saturated carbocycles. The Morgan fingerprint density at radius 2 is 1.94 bits per heavy atom. The molecule has 1 heterocycles. The largest absolute Gasteiger partial charge is 0.496 e. The van der Waals surface area contributed by atoms with Crippen LogP contribution in [-0.4, -0.2) is 12.1 Å². The summed E-state index contributed by atoms with van der Waals surface area (Å²) in [7, 11) is 1.66. The van der Waals surface area contributed by atoms with Gasteiger partial charge >= 0.3 is 0 Å². The van der Waals surface area contributed by atoms with Crippen molar-refractivity contribution in [3.63, 3.8) is 0 Å². The Morgan fingerprint density at radius 3 is 2.56 bits per heavy atom. The SMILES string of the molecule is COc1ccc(-c2nc(C)sc2C#N)c(C)c1C. The fraction of sp³-hybridized carbons (Fsp3) is 0.286. The van der Waals surface area contributed by atoms with Gasteiger partial charge in [0.05, 0.1) is 17.8 Å². The van der Waals surface area contributed by atoms with Gasteiger partial charge in [-0.1, -0.05) is 0 Å². The summed E-state index contributed by atoms with van der Waals surface area (Å²) in [6.07, 6.45) is 0. The summed E-state index contributed by atoms with van der Waals surface area (Å²) in [6.45, 7) is 5.96. The van der Waals surface area contributed by atoms with Crippen molar-refractivity contribution in [1.82, 2.24) is 4.98 Å². The Labute approximate surface area is 111 Å². The zero-order chi connectivity index (χ0) is 13.3. The predicted octanol–water partition coefficient (Wildman–Crippen LogP) is 3.62. The minimum Gasteiger partial charge on any atom is -0.496 e. The van der Waals surface area contributed by atoms with Gasteiger partial charge in [-0.15, -0.1) is 11.3 Å². The van der Waals surface area contributed by atoms with E-state index in [-0.39, 0.29) is 0 Å². The summed E-state index contributed by atoms with van der Waals surface area (Å²) >= 11 is 1.43. The Balaban J connectivity index is 2.65. The van der Waals surface area contributed by atoms with Gasteiger partial charge in [0.2, 0.25) is 0 Å². The topological polar surface area (TPSA) is 45.9 Å². The molecule has 3 nitrogen and oxygen atoms in total.